The number of aromatic nitrogens is 1. The summed E-state index contributed by atoms with van der Waals surface area (Å²) >= 11 is 0. The Morgan fingerprint density at radius 2 is 1.78 bits per heavy atom. The van der Waals surface area contributed by atoms with Gasteiger partial charge in [-0.1, -0.05) is 6.07 Å². The lowest BCUT2D eigenvalue weighted by molar-refractivity contribution is 0.0617. The minimum absolute atomic E-state index is 0.410. The Morgan fingerprint density at radius 3 is 2.37 bits per heavy atom. The standard InChI is InChI=1S/C20H23F2N3O2/c1-13-11-14(2)23-19(27-3)15(13)12-24-7-9-25(10-8-24)20(26)18-16(21)5-4-6-17(18)22/h4-6,11H,7-10,12H2,1-3H3. The molecule has 1 aromatic heterocycles. The molecule has 0 spiro atoms. The number of aryl methyl sites for hydroxylation is 2. The van der Waals surface area contributed by atoms with E-state index in [2.05, 4.69) is 9.88 Å². The van der Waals surface area contributed by atoms with Gasteiger partial charge in [0.15, 0.2) is 0 Å². The second kappa shape index (κ2) is 8.00. The average Bonchev–Trinajstić information content (AvgIpc) is 2.64. The van der Waals surface area contributed by atoms with Gasteiger partial charge in [0.2, 0.25) is 5.88 Å². The molecule has 1 aliphatic rings. The number of pyridine rings is 1. The minimum Gasteiger partial charge on any atom is -0.481 e. The summed E-state index contributed by atoms with van der Waals surface area (Å²) in [4.78, 5) is 20.6. The Labute approximate surface area is 157 Å². The molecule has 5 nitrogen and oxygen atoms in total. The maximum Gasteiger partial charge on any atom is 0.259 e. The number of hydrogen-bond donors (Lipinski definition) is 0. The van der Waals surface area contributed by atoms with Crippen molar-refractivity contribution in [1.82, 2.24) is 14.8 Å². The number of nitrogens with zero attached hydrogens (tertiary/aromatic N) is 3. The smallest absolute Gasteiger partial charge is 0.259 e. The topological polar surface area (TPSA) is 45.7 Å². The van der Waals surface area contributed by atoms with E-state index in [0.29, 0.717) is 38.6 Å². The van der Waals surface area contributed by atoms with Gasteiger partial charge in [0.05, 0.1) is 7.11 Å². The lowest BCUT2D eigenvalue weighted by Gasteiger charge is -2.35. The number of carbonyl (C=O) groups is 1. The number of benzene rings is 1. The molecule has 0 saturated carbocycles. The monoisotopic (exact) mass is 375 g/mol. The first-order chi connectivity index (χ1) is 12.9. The Balaban J connectivity index is 1.67. The van der Waals surface area contributed by atoms with Crippen LogP contribution in [0, 0.1) is 25.5 Å². The molecular formula is C20H23F2N3O2. The quantitative estimate of drug-likeness (QED) is 0.824. The predicted molar refractivity (Wildman–Crippen MR) is 97.8 cm³/mol. The second-order valence-electron chi connectivity index (χ2n) is 6.73. The highest BCUT2D eigenvalue weighted by molar-refractivity contribution is 5.94. The van der Waals surface area contributed by atoms with Crippen molar-refractivity contribution in [2.45, 2.75) is 20.4 Å². The number of hydrogen-bond acceptors (Lipinski definition) is 4. The Morgan fingerprint density at radius 1 is 1.15 bits per heavy atom. The fraction of sp³-hybridized carbons (Fsp3) is 0.400. The Hall–Kier alpha value is -2.54. The van der Waals surface area contributed by atoms with Crippen LogP contribution < -0.4 is 4.74 Å². The van der Waals surface area contributed by atoms with Gasteiger partial charge < -0.3 is 9.64 Å². The fourth-order valence-electron chi connectivity index (χ4n) is 3.38. The zero-order valence-electron chi connectivity index (χ0n) is 15.8. The zero-order valence-corrected chi connectivity index (χ0v) is 15.8. The van der Waals surface area contributed by atoms with Gasteiger partial charge in [-0.3, -0.25) is 9.69 Å². The van der Waals surface area contributed by atoms with Crippen molar-refractivity contribution < 1.29 is 18.3 Å². The van der Waals surface area contributed by atoms with E-state index < -0.39 is 23.1 Å². The van der Waals surface area contributed by atoms with Crippen LogP contribution in [0.1, 0.15) is 27.2 Å². The van der Waals surface area contributed by atoms with E-state index in [4.69, 9.17) is 4.74 Å². The van der Waals surface area contributed by atoms with Crippen molar-refractivity contribution in [3.63, 3.8) is 0 Å². The molecule has 1 aromatic carbocycles. The molecule has 1 fully saturated rings. The van der Waals surface area contributed by atoms with Gasteiger partial charge in [-0.2, -0.15) is 0 Å². The van der Waals surface area contributed by atoms with E-state index in [1.54, 1.807) is 7.11 Å². The van der Waals surface area contributed by atoms with Gasteiger partial charge in [-0.15, -0.1) is 0 Å². The van der Waals surface area contributed by atoms with Gasteiger partial charge in [-0.25, -0.2) is 13.8 Å². The number of carbonyl (C=O) groups excluding carboxylic acids is 1. The first kappa shape index (κ1) is 19.2. The molecule has 0 N–H and O–H groups in total. The molecule has 0 aliphatic carbocycles. The highest BCUT2D eigenvalue weighted by atomic mass is 19.1. The molecule has 0 atom stereocenters. The maximum absolute atomic E-state index is 13.9. The van der Waals surface area contributed by atoms with Crippen molar-refractivity contribution in [2.24, 2.45) is 0 Å². The van der Waals surface area contributed by atoms with E-state index in [1.807, 2.05) is 19.9 Å². The van der Waals surface area contributed by atoms with Crippen molar-refractivity contribution in [3.8, 4) is 5.88 Å². The van der Waals surface area contributed by atoms with Crippen molar-refractivity contribution in [3.05, 3.63) is 58.3 Å². The summed E-state index contributed by atoms with van der Waals surface area (Å²) in [5.74, 6) is -1.64. The number of halogens is 2. The summed E-state index contributed by atoms with van der Waals surface area (Å²) in [6.45, 7) is 6.63. The van der Waals surface area contributed by atoms with E-state index in [-0.39, 0.29) is 0 Å². The predicted octanol–water partition coefficient (Wildman–Crippen LogP) is 2.94. The molecule has 1 amide bonds. The second-order valence-corrected chi connectivity index (χ2v) is 6.73. The van der Waals surface area contributed by atoms with E-state index in [1.165, 1.54) is 11.0 Å². The van der Waals surface area contributed by atoms with E-state index in [9.17, 15) is 13.6 Å². The van der Waals surface area contributed by atoms with Crippen LogP contribution in [0.3, 0.4) is 0 Å². The van der Waals surface area contributed by atoms with Crippen LogP contribution in [0.25, 0.3) is 0 Å². The third-order valence-electron chi connectivity index (χ3n) is 4.85. The molecule has 2 aromatic rings. The molecule has 7 heteroatoms. The molecule has 1 saturated heterocycles. The molecule has 3 rings (SSSR count). The first-order valence-corrected chi connectivity index (χ1v) is 8.87. The molecule has 0 bridgehead atoms. The molecule has 2 heterocycles. The van der Waals surface area contributed by atoms with Crippen LogP contribution >= 0.6 is 0 Å². The van der Waals surface area contributed by atoms with Crippen molar-refractivity contribution >= 4 is 5.91 Å². The normalized spacial score (nSPS) is 15.1. The number of rotatable bonds is 4. The van der Waals surface area contributed by atoms with Gasteiger partial charge in [0, 0.05) is 44.0 Å². The third kappa shape index (κ3) is 4.08. The summed E-state index contributed by atoms with van der Waals surface area (Å²) in [7, 11) is 1.60. The number of methoxy groups -OCH3 is 1. The molecule has 0 radical (unpaired) electrons. The van der Waals surface area contributed by atoms with Gasteiger partial charge >= 0.3 is 0 Å². The van der Waals surface area contributed by atoms with Crippen molar-refractivity contribution in [1.29, 1.82) is 0 Å². The summed E-state index contributed by atoms with van der Waals surface area (Å²) in [6, 6.07) is 5.47. The third-order valence-corrected chi connectivity index (χ3v) is 4.85. The molecule has 27 heavy (non-hydrogen) atoms. The maximum atomic E-state index is 13.9. The first-order valence-electron chi connectivity index (χ1n) is 8.87. The summed E-state index contributed by atoms with van der Waals surface area (Å²) in [5, 5.41) is 0. The highest BCUT2D eigenvalue weighted by Crippen LogP contribution is 2.23. The van der Waals surface area contributed by atoms with E-state index in [0.717, 1.165) is 29.0 Å². The molecule has 144 valence electrons. The van der Waals surface area contributed by atoms with Crippen LogP contribution in [0.2, 0.25) is 0 Å². The van der Waals surface area contributed by atoms with Crippen LogP contribution in [0.15, 0.2) is 24.3 Å². The van der Waals surface area contributed by atoms with E-state index >= 15 is 0 Å². The zero-order chi connectivity index (χ0) is 19.6. The van der Waals surface area contributed by atoms with Crippen LogP contribution in [0.4, 0.5) is 8.78 Å². The number of amides is 1. The molecule has 1 aliphatic heterocycles. The Bertz CT molecular complexity index is 829. The van der Waals surface area contributed by atoms with Gasteiger partial charge in [0.25, 0.3) is 5.91 Å². The van der Waals surface area contributed by atoms with Crippen LogP contribution in [0.5, 0.6) is 5.88 Å². The fourth-order valence-corrected chi connectivity index (χ4v) is 3.38. The van der Waals surface area contributed by atoms with Gasteiger partial charge in [-0.05, 0) is 37.6 Å². The summed E-state index contributed by atoms with van der Waals surface area (Å²) in [5.41, 5.74) is 2.54. The Kier molecular flexibility index (Phi) is 5.70. The van der Waals surface area contributed by atoms with Crippen LogP contribution in [-0.4, -0.2) is 54.0 Å². The molecular weight excluding hydrogens is 352 g/mol. The summed E-state index contributed by atoms with van der Waals surface area (Å²) in [6.07, 6.45) is 0. The highest BCUT2D eigenvalue weighted by Gasteiger charge is 2.27. The lowest BCUT2D eigenvalue weighted by atomic mass is 10.1. The average molecular weight is 375 g/mol. The van der Waals surface area contributed by atoms with Crippen molar-refractivity contribution in [2.75, 3.05) is 33.3 Å². The largest absolute Gasteiger partial charge is 0.481 e. The molecule has 0 unspecified atom stereocenters. The SMILES string of the molecule is COc1nc(C)cc(C)c1CN1CCN(C(=O)c2c(F)cccc2F)CC1. The van der Waals surface area contributed by atoms with Crippen LogP contribution in [-0.2, 0) is 6.54 Å². The number of piperazine rings is 1. The lowest BCUT2D eigenvalue weighted by Crippen LogP contribution is -2.48. The number of ether oxygens (including phenoxy) is 1. The minimum atomic E-state index is -0.825. The summed E-state index contributed by atoms with van der Waals surface area (Å²) < 4.78 is 33.1. The van der Waals surface area contributed by atoms with Gasteiger partial charge in [0.1, 0.15) is 17.2 Å².